The van der Waals surface area contributed by atoms with E-state index in [1.54, 1.807) is 53.8 Å². The highest BCUT2D eigenvalue weighted by Gasteiger charge is 2.14. The van der Waals surface area contributed by atoms with E-state index in [0.717, 1.165) is 27.8 Å². The van der Waals surface area contributed by atoms with E-state index in [2.05, 4.69) is 5.32 Å². The van der Waals surface area contributed by atoms with Crippen LogP contribution in [0.15, 0.2) is 77.5 Å². The number of benzene rings is 3. The Bertz CT molecular complexity index is 1270. The summed E-state index contributed by atoms with van der Waals surface area (Å²) in [6, 6.07) is 19.9. The Balaban J connectivity index is 1.59. The smallest absolute Gasteiger partial charge is 0.255 e. The third-order valence-corrected chi connectivity index (χ3v) is 6.66. The lowest BCUT2D eigenvalue weighted by atomic mass is 9.99. The molecule has 0 saturated heterocycles. The molecule has 7 heteroatoms. The molecule has 31 heavy (non-hydrogen) atoms. The van der Waals surface area contributed by atoms with Gasteiger partial charge < -0.3 is 15.9 Å². The van der Waals surface area contributed by atoms with Crippen LogP contribution in [0.25, 0.3) is 22.3 Å². The van der Waals surface area contributed by atoms with Gasteiger partial charge in [-0.1, -0.05) is 30.3 Å². The van der Waals surface area contributed by atoms with Gasteiger partial charge in [-0.25, -0.2) is 0 Å². The Labute approximate surface area is 185 Å². The van der Waals surface area contributed by atoms with Gasteiger partial charge >= 0.3 is 0 Å². The minimum absolute atomic E-state index is 0.276. The molecule has 1 aromatic heterocycles. The molecule has 0 aliphatic carbocycles. The molecule has 0 fully saturated rings. The SMILES string of the molecule is Cc1cccc([PH](=O)O)c1-c1ccc(C(=O)Nc2cc(-c3ccsc3)ccc2N)cc1. The molecule has 4 aromatic rings. The number of thiophene rings is 1. The van der Waals surface area contributed by atoms with Crippen LogP contribution in [0.2, 0.25) is 0 Å². The fourth-order valence-electron chi connectivity index (χ4n) is 3.48. The maximum Gasteiger partial charge on any atom is 0.255 e. The number of hydrogen-bond acceptors (Lipinski definition) is 4. The number of carbonyl (C=O) groups is 1. The molecule has 1 unspecified atom stereocenters. The maximum atomic E-state index is 12.8. The molecule has 3 aromatic carbocycles. The van der Waals surface area contributed by atoms with E-state index in [-0.39, 0.29) is 5.91 Å². The first-order valence-electron chi connectivity index (χ1n) is 9.61. The molecule has 0 aliphatic rings. The van der Waals surface area contributed by atoms with Crippen molar-refractivity contribution in [1.82, 2.24) is 0 Å². The second-order valence-electron chi connectivity index (χ2n) is 7.15. The Morgan fingerprint density at radius 1 is 1.00 bits per heavy atom. The molecule has 0 radical (unpaired) electrons. The summed E-state index contributed by atoms with van der Waals surface area (Å²) in [5.41, 5.74) is 12.0. The maximum absolute atomic E-state index is 12.8. The van der Waals surface area contributed by atoms with Gasteiger partial charge in [0.15, 0.2) is 0 Å². The molecule has 1 heterocycles. The Morgan fingerprint density at radius 3 is 2.42 bits per heavy atom. The van der Waals surface area contributed by atoms with Crippen LogP contribution in [0.5, 0.6) is 0 Å². The van der Waals surface area contributed by atoms with E-state index in [0.29, 0.717) is 22.2 Å². The fourth-order valence-corrected chi connectivity index (χ4v) is 4.94. The van der Waals surface area contributed by atoms with Crippen molar-refractivity contribution in [3.05, 3.63) is 88.6 Å². The van der Waals surface area contributed by atoms with Crippen molar-refractivity contribution in [2.45, 2.75) is 6.92 Å². The van der Waals surface area contributed by atoms with Gasteiger partial charge in [-0.05, 0) is 81.9 Å². The Morgan fingerprint density at radius 2 is 1.74 bits per heavy atom. The minimum atomic E-state index is -2.85. The summed E-state index contributed by atoms with van der Waals surface area (Å²) < 4.78 is 11.8. The van der Waals surface area contributed by atoms with E-state index in [9.17, 15) is 14.3 Å². The molecule has 5 nitrogen and oxygen atoms in total. The molecule has 4 N–H and O–H groups in total. The van der Waals surface area contributed by atoms with Gasteiger partial charge in [0, 0.05) is 10.9 Å². The van der Waals surface area contributed by atoms with Crippen LogP contribution in [0.1, 0.15) is 15.9 Å². The first-order valence-corrected chi connectivity index (χ1v) is 11.9. The number of anilines is 2. The zero-order valence-electron chi connectivity index (χ0n) is 16.8. The van der Waals surface area contributed by atoms with Gasteiger partial charge in [-0.15, -0.1) is 0 Å². The van der Waals surface area contributed by atoms with Crippen LogP contribution in [0.3, 0.4) is 0 Å². The standard InChI is InChI=1S/C24H21N2O3PS/c1-15-3-2-4-22(30(28)29)23(15)16-5-7-17(8-6-16)24(27)26-21-13-18(9-10-20(21)25)19-11-12-31-14-19/h2-14,30H,25H2,1H3,(H,26,27)(H,28,29). The summed E-state index contributed by atoms with van der Waals surface area (Å²) in [5.74, 6) is -0.276. The summed E-state index contributed by atoms with van der Waals surface area (Å²) in [7, 11) is -2.85. The van der Waals surface area contributed by atoms with Crippen LogP contribution in [-0.2, 0) is 4.57 Å². The van der Waals surface area contributed by atoms with Crippen LogP contribution in [0, 0.1) is 6.92 Å². The summed E-state index contributed by atoms with van der Waals surface area (Å²) in [6.07, 6.45) is 0. The van der Waals surface area contributed by atoms with Gasteiger partial charge in [0.05, 0.1) is 11.4 Å². The predicted octanol–water partition coefficient (Wildman–Crippen LogP) is 5.32. The predicted molar refractivity (Wildman–Crippen MR) is 130 cm³/mol. The van der Waals surface area contributed by atoms with E-state index in [1.807, 2.05) is 41.9 Å². The molecule has 1 amide bonds. The number of carbonyl (C=O) groups excluding carboxylic acids is 1. The number of amides is 1. The minimum Gasteiger partial charge on any atom is -0.397 e. The second kappa shape index (κ2) is 8.90. The lowest BCUT2D eigenvalue weighted by Gasteiger charge is -2.13. The number of hydrogen-bond donors (Lipinski definition) is 3. The lowest BCUT2D eigenvalue weighted by Crippen LogP contribution is -2.13. The highest BCUT2D eigenvalue weighted by Crippen LogP contribution is 2.30. The lowest BCUT2D eigenvalue weighted by molar-refractivity contribution is 0.102. The van der Waals surface area contributed by atoms with Crippen molar-refractivity contribution in [2.24, 2.45) is 0 Å². The molecule has 4 rings (SSSR count). The van der Waals surface area contributed by atoms with Gasteiger partial charge in [-0.3, -0.25) is 9.36 Å². The van der Waals surface area contributed by atoms with Crippen LogP contribution >= 0.6 is 19.4 Å². The van der Waals surface area contributed by atoms with E-state index in [4.69, 9.17) is 5.73 Å². The van der Waals surface area contributed by atoms with Gasteiger partial charge in [0.1, 0.15) is 0 Å². The van der Waals surface area contributed by atoms with Crippen molar-refractivity contribution in [2.75, 3.05) is 11.1 Å². The molecular formula is C24H21N2O3PS. The highest BCUT2D eigenvalue weighted by atomic mass is 32.1. The summed E-state index contributed by atoms with van der Waals surface area (Å²) in [5, 5.41) is 7.34. The molecule has 0 spiro atoms. The quantitative estimate of drug-likeness (QED) is 0.285. The number of rotatable bonds is 5. The number of aryl methyl sites for hydroxylation is 1. The topological polar surface area (TPSA) is 92.4 Å². The van der Waals surface area contributed by atoms with Crippen molar-refractivity contribution < 1.29 is 14.3 Å². The van der Waals surface area contributed by atoms with Gasteiger partial charge in [0.25, 0.3) is 5.91 Å². The zero-order valence-corrected chi connectivity index (χ0v) is 18.6. The first kappa shape index (κ1) is 21.1. The van der Waals surface area contributed by atoms with Crippen molar-refractivity contribution in [3.8, 4) is 22.3 Å². The van der Waals surface area contributed by atoms with Gasteiger partial charge in [-0.2, -0.15) is 11.3 Å². The largest absolute Gasteiger partial charge is 0.397 e. The van der Waals surface area contributed by atoms with E-state index < -0.39 is 8.03 Å². The fraction of sp³-hybridized carbons (Fsp3) is 0.0417. The summed E-state index contributed by atoms with van der Waals surface area (Å²) >= 11 is 1.61. The molecule has 156 valence electrons. The Hall–Kier alpha value is -3.18. The highest BCUT2D eigenvalue weighted by molar-refractivity contribution is 7.47. The van der Waals surface area contributed by atoms with Crippen LogP contribution < -0.4 is 16.4 Å². The van der Waals surface area contributed by atoms with E-state index >= 15 is 0 Å². The van der Waals surface area contributed by atoms with Gasteiger partial charge in [0.2, 0.25) is 8.03 Å². The van der Waals surface area contributed by atoms with Crippen molar-refractivity contribution in [1.29, 1.82) is 0 Å². The third-order valence-electron chi connectivity index (χ3n) is 5.09. The number of nitrogens with one attached hydrogen (secondary N) is 1. The van der Waals surface area contributed by atoms with Crippen LogP contribution in [-0.4, -0.2) is 10.8 Å². The second-order valence-corrected chi connectivity index (χ2v) is 9.08. The third kappa shape index (κ3) is 4.47. The summed E-state index contributed by atoms with van der Waals surface area (Å²) in [6.45, 7) is 1.90. The normalized spacial score (nSPS) is 11.8. The molecule has 0 aliphatic heterocycles. The number of nitrogens with two attached hydrogens (primary N) is 1. The zero-order chi connectivity index (χ0) is 22.0. The molecule has 1 atom stereocenters. The monoisotopic (exact) mass is 448 g/mol. The van der Waals surface area contributed by atoms with Crippen LogP contribution in [0.4, 0.5) is 11.4 Å². The Kier molecular flexibility index (Phi) is 6.05. The average Bonchev–Trinajstić information content (AvgIpc) is 3.30. The average molecular weight is 448 g/mol. The van der Waals surface area contributed by atoms with Crippen molar-refractivity contribution in [3.63, 3.8) is 0 Å². The van der Waals surface area contributed by atoms with E-state index in [1.165, 1.54) is 0 Å². The first-order chi connectivity index (χ1) is 14.9. The molecular weight excluding hydrogens is 427 g/mol. The van der Waals surface area contributed by atoms with Crippen molar-refractivity contribution >= 4 is 42.0 Å². The molecule has 0 saturated carbocycles. The summed E-state index contributed by atoms with van der Waals surface area (Å²) in [4.78, 5) is 22.5. The number of nitrogen functional groups attached to an aromatic ring is 1. The molecule has 0 bridgehead atoms.